The fourth-order valence-corrected chi connectivity index (χ4v) is 3.55. The molecule has 4 rings (SSSR count). The quantitative estimate of drug-likeness (QED) is 0.555. The zero-order valence-corrected chi connectivity index (χ0v) is 18.0. The molecule has 168 valence electrons. The molecule has 2 N–H and O–H groups in total. The predicted octanol–water partition coefficient (Wildman–Crippen LogP) is 2.67. The largest absolute Gasteiger partial charge is 0.494 e. The van der Waals surface area contributed by atoms with Gasteiger partial charge in [-0.1, -0.05) is 0 Å². The number of hydrogen-bond donors (Lipinski definition) is 2. The summed E-state index contributed by atoms with van der Waals surface area (Å²) in [6.45, 7) is 1.43. The number of anilines is 2. The SMILES string of the molecule is CNC(=O)c1cc(CCc2cnc(Nc3cnn([C@@H]4CCOC4)c3)nc2)c(F)c(OC)c1. The van der Waals surface area contributed by atoms with E-state index in [1.165, 1.54) is 20.2 Å². The predicted molar refractivity (Wildman–Crippen MR) is 116 cm³/mol. The third-order valence-corrected chi connectivity index (χ3v) is 5.35. The summed E-state index contributed by atoms with van der Waals surface area (Å²) in [4.78, 5) is 20.6. The van der Waals surface area contributed by atoms with E-state index in [1.54, 1.807) is 24.7 Å². The topological polar surface area (TPSA) is 103 Å². The van der Waals surface area contributed by atoms with Gasteiger partial charge in [0.05, 0.1) is 31.6 Å². The average molecular weight is 440 g/mol. The Morgan fingerprint density at radius 1 is 1.28 bits per heavy atom. The second-order valence-electron chi connectivity index (χ2n) is 7.50. The van der Waals surface area contributed by atoms with E-state index in [9.17, 15) is 9.18 Å². The Kier molecular flexibility index (Phi) is 6.60. The van der Waals surface area contributed by atoms with Crippen LogP contribution < -0.4 is 15.4 Å². The lowest BCUT2D eigenvalue weighted by Crippen LogP contribution is -2.18. The van der Waals surface area contributed by atoms with Gasteiger partial charge in [0, 0.05) is 37.8 Å². The van der Waals surface area contributed by atoms with E-state index >= 15 is 0 Å². The van der Waals surface area contributed by atoms with Crippen LogP contribution in [0, 0.1) is 5.82 Å². The number of hydrogen-bond acceptors (Lipinski definition) is 7. The Morgan fingerprint density at radius 3 is 2.78 bits per heavy atom. The highest BCUT2D eigenvalue weighted by Crippen LogP contribution is 2.25. The summed E-state index contributed by atoms with van der Waals surface area (Å²) in [6.07, 6.45) is 8.86. The molecule has 0 spiro atoms. The first-order chi connectivity index (χ1) is 15.6. The number of carbonyl (C=O) groups excluding carboxylic acids is 1. The highest BCUT2D eigenvalue weighted by atomic mass is 19.1. The second-order valence-corrected chi connectivity index (χ2v) is 7.50. The van der Waals surface area contributed by atoms with E-state index in [2.05, 4.69) is 25.7 Å². The molecule has 1 aliphatic heterocycles. The van der Waals surface area contributed by atoms with Gasteiger partial charge < -0.3 is 20.1 Å². The molecule has 2 aromatic heterocycles. The summed E-state index contributed by atoms with van der Waals surface area (Å²) >= 11 is 0. The molecule has 1 atom stereocenters. The molecule has 0 saturated carbocycles. The third kappa shape index (κ3) is 4.86. The normalized spacial score (nSPS) is 15.5. The van der Waals surface area contributed by atoms with Crippen LogP contribution in [0.5, 0.6) is 5.75 Å². The van der Waals surface area contributed by atoms with Crippen LogP contribution in [-0.2, 0) is 17.6 Å². The molecule has 0 bridgehead atoms. The Labute approximate surface area is 185 Å². The third-order valence-electron chi connectivity index (χ3n) is 5.35. The lowest BCUT2D eigenvalue weighted by molar-refractivity contribution is 0.0962. The van der Waals surface area contributed by atoms with Crippen molar-refractivity contribution >= 4 is 17.5 Å². The van der Waals surface area contributed by atoms with Crippen molar-refractivity contribution in [1.29, 1.82) is 0 Å². The van der Waals surface area contributed by atoms with Crippen LogP contribution in [0.3, 0.4) is 0 Å². The zero-order valence-electron chi connectivity index (χ0n) is 18.0. The summed E-state index contributed by atoms with van der Waals surface area (Å²) in [5, 5.41) is 10.0. The molecule has 1 aliphatic rings. The number of carbonyl (C=O) groups is 1. The van der Waals surface area contributed by atoms with Crippen molar-refractivity contribution in [3.63, 3.8) is 0 Å². The number of benzene rings is 1. The molecular formula is C22H25FN6O3. The standard InChI is InChI=1S/C22H25FN6O3/c1-24-21(30)16-7-15(20(23)19(8-16)31-2)4-3-14-9-25-22(26-10-14)28-17-11-27-29(12-17)18-5-6-32-13-18/h7-12,18H,3-6,13H2,1-2H3,(H,24,30)(H,25,26,28)/t18-/m1/s1. The van der Waals surface area contributed by atoms with Gasteiger partial charge in [0.1, 0.15) is 0 Å². The molecule has 10 heteroatoms. The minimum Gasteiger partial charge on any atom is -0.494 e. The minimum absolute atomic E-state index is 0.0432. The summed E-state index contributed by atoms with van der Waals surface area (Å²) in [7, 11) is 2.90. The van der Waals surface area contributed by atoms with Crippen LogP contribution in [0.1, 0.15) is 33.9 Å². The van der Waals surface area contributed by atoms with E-state index in [-0.39, 0.29) is 17.7 Å². The maximum atomic E-state index is 14.6. The summed E-state index contributed by atoms with van der Waals surface area (Å²) in [6, 6.07) is 3.19. The lowest BCUT2D eigenvalue weighted by atomic mass is 10.0. The number of nitrogens with zero attached hydrogens (tertiary/aromatic N) is 4. The first kappa shape index (κ1) is 21.7. The number of amides is 1. The highest BCUT2D eigenvalue weighted by Gasteiger charge is 2.18. The molecule has 0 unspecified atom stereocenters. The number of halogens is 1. The van der Waals surface area contributed by atoms with E-state index in [0.717, 1.165) is 24.3 Å². The number of rotatable bonds is 8. The number of methoxy groups -OCH3 is 1. The Bertz CT molecular complexity index is 1080. The number of ether oxygens (including phenoxy) is 2. The van der Waals surface area contributed by atoms with Gasteiger partial charge in [-0.3, -0.25) is 9.48 Å². The lowest BCUT2D eigenvalue weighted by Gasteiger charge is -2.11. The van der Waals surface area contributed by atoms with Crippen molar-refractivity contribution in [2.45, 2.75) is 25.3 Å². The molecule has 1 saturated heterocycles. The van der Waals surface area contributed by atoms with Crippen molar-refractivity contribution in [2.75, 3.05) is 32.7 Å². The van der Waals surface area contributed by atoms with Crippen LogP contribution in [0.25, 0.3) is 0 Å². The van der Waals surface area contributed by atoms with Gasteiger partial charge in [-0.2, -0.15) is 5.10 Å². The van der Waals surface area contributed by atoms with Gasteiger partial charge in [-0.25, -0.2) is 14.4 Å². The van der Waals surface area contributed by atoms with Crippen LogP contribution >= 0.6 is 0 Å². The van der Waals surface area contributed by atoms with Gasteiger partial charge in [0.25, 0.3) is 5.91 Å². The van der Waals surface area contributed by atoms with Crippen molar-refractivity contribution in [2.24, 2.45) is 0 Å². The minimum atomic E-state index is -0.468. The molecule has 0 radical (unpaired) electrons. The molecule has 32 heavy (non-hydrogen) atoms. The van der Waals surface area contributed by atoms with Crippen LogP contribution in [0.15, 0.2) is 36.9 Å². The number of aryl methyl sites for hydroxylation is 2. The van der Waals surface area contributed by atoms with Crippen molar-refractivity contribution in [3.8, 4) is 5.75 Å². The molecule has 3 heterocycles. The summed E-state index contributed by atoms with van der Waals surface area (Å²) < 4.78 is 27.0. The Morgan fingerprint density at radius 2 is 2.09 bits per heavy atom. The first-order valence-electron chi connectivity index (χ1n) is 10.4. The first-order valence-corrected chi connectivity index (χ1v) is 10.4. The second kappa shape index (κ2) is 9.73. The van der Waals surface area contributed by atoms with Crippen molar-refractivity contribution in [3.05, 3.63) is 59.4 Å². The van der Waals surface area contributed by atoms with Crippen LogP contribution in [0.4, 0.5) is 16.0 Å². The van der Waals surface area contributed by atoms with Crippen LogP contribution in [-0.4, -0.2) is 53.0 Å². The summed E-state index contributed by atoms with van der Waals surface area (Å²) in [5.41, 5.74) is 2.39. The maximum Gasteiger partial charge on any atom is 0.251 e. The monoisotopic (exact) mass is 440 g/mol. The van der Waals surface area contributed by atoms with Crippen LogP contribution in [0.2, 0.25) is 0 Å². The fraction of sp³-hybridized carbons (Fsp3) is 0.364. The molecule has 3 aromatic rings. The molecule has 0 aliphatic carbocycles. The average Bonchev–Trinajstić information content (AvgIpc) is 3.51. The van der Waals surface area contributed by atoms with E-state index in [0.29, 0.717) is 36.5 Å². The number of aromatic nitrogens is 4. The van der Waals surface area contributed by atoms with Gasteiger partial charge in [0.2, 0.25) is 5.95 Å². The van der Waals surface area contributed by atoms with Crippen molar-refractivity contribution < 1.29 is 18.7 Å². The molecule has 9 nitrogen and oxygen atoms in total. The van der Waals surface area contributed by atoms with Crippen molar-refractivity contribution in [1.82, 2.24) is 25.1 Å². The smallest absolute Gasteiger partial charge is 0.251 e. The molecule has 1 fully saturated rings. The Hall–Kier alpha value is -3.53. The highest BCUT2D eigenvalue weighted by molar-refractivity contribution is 5.94. The van der Waals surface area contributed by atoms with E-state index in [4.69, 9.17) is 9.47 Å². The van der Waals surface area contributed by atoms with Gasteiger partial charge >= 0.3 is 0 Å². The van der Waals surface area contributed by atoms with Gasteiger partial charge in [0.15, 0.2) is 11.6 Å². The zero-order chi connectivity index (χ0) is 22.5. The molecular weight excluding hydrogens is 415 g/mol. The molecule has 1 aromatic carbocycles. The fourth-order valence-electron chi connectivity index (χ4n) is 3.55. The number of nitrogens with one attached hydrogen (secondary N) is 2. The maximum absolute atomic E-state index is 14.6. The summed E-state index contributed by atoms with van der Waals surface area (Å²) in [5.74, 6) is -0.275. The van der Waals surface area contributed by atoms with E-state index < -0.39 is 5.82 Å². The Balaban J connectivity index is 1.39. The van der Waals surface area contributed by atoms with Gasteiger partial charge in [-0.15, -0.1) is 0 Å². The van der Waals surface area contributed by atoms with Gasteiger partial charge in [-0.05, 0) is 42.5 Å². The van der Waals surface area contributed by atoms with E-state index in [1.807, 2.05) is 10.9 Å². The molecule has 1 amide bonds.